The lowest BCUT2D eigenvalue weighted by Gasteiger charge is -2.31. The summed E-state index contributed by atoms with van der Waals surface area (Å²) in [6, 6.07) is 6.23. The summed E-state index contributed by atoms with van der Waals surface area (Å²) in [5.74, 6) is -0.372. The van der Waals surface area contributed by atoms with Crippen molar-refractivity contribution >= 4 is 29.5 Å². The van der Waals surface area contributed by atoms with Gasteiger partial charge in [0.05, 0.1) is 0 Å². The second-order valence-electron chi connectivity index (χ2n) is 9.10. The fourth-order valence-corrected chi connectivity index (χ4v) is 5.90. The molecular formula is C23H33N3O4S. The van der Waals surface area contributed by atoms with Crippen molar-refractivity contribution in [2.75, 3.05) is 20.3 Å². The molecule has 0 radical (unpaired) electrons. The Kier molecular flexibility index (Phi) is 7.31. The fraction of sp³-hybridized carbons (Fsp3) is 0.609. The molecule has 3 amide bonds. The van der Waals surface area contributed by atoms with Crippen LogP contribution in [0, 0.1) is 5.92 Å². The monoisotopic (exact) mass is 447 g/mol. The topological polar surface area (TPSA) is 87.7 Å². The molecule has 3 rings (SSSR count). The van der Waals surface area contributed by atoms with Gasteiger partial charge in [-0.15, -0.1) is 11.8 Å². The highest BCUT2D eigenvalue weighted by atomic mass is 32.2. The molecule has 8 heteroatoms. The zero-order chi connectivity index (χ0) is 22.8. The van der Waals surface area contributed by atoms with E-state index in [4.69, 9.17) is 4.74 Å². The Morgan fingerprint density at radius 3 is 2.65 bits per heavy atom. The van der Waals surface area contributed by atoms with Crippen molar-refractivity contribution in [3.8, 4) is 0 Å². The maximum atomic E-state index is 13.5. The number of nitrogens with zero attached hydrogens (tertiary/aromatic N) is 1. The number of carbonyl (C=O) groups is 3. The van der Waals surface area contributed by atoms with Crippen LogP contribution < -0.4 is 10.6 Å². The van der Waals surface area contributed by atoms with Crippen LogP contribution in [0.15, 0.2) is 24.3 Å². The summed E-state index contributed by atoms with van der Waals surface area (Å²) in [6.45, 7) is 9.06. The molecule has 2 N–H and O–H groups in total. The first-order valence-electron chi connectivity index (χ1n) is 10.8. The number of thioether (sulfide) groups is 1. The van der Waals surface area contributed by atoms with Gasteiger partial charge >= 0.3 is 0 Å². The Hall–Kier alpha value is -2.06. The Balaban J connectivity index is 1.76. The summed E-state index contributed by atoms with van der Waals surface area (Å²) < 4.78 is 4.54. The third-order valence-electron chi connectivity index (χ3n) is 5.71. The summed E-state index contributed by atoms with van der Waals surface area (Å²) in [4.78, 5) is 41.0. The minimum Gasteiger partial charge on any atom is -0.385 e. The van der Waals surface area contributed by atoms with Gasteiger partial charge in [-0.2, -0.15) is 0 Å². The minimum absolute atomic E-state index is 0.122. The lowest BCUT2D eigenvalue weighted by Crippen LogP contribution is -2.57. The normalized spacial score (nSPS) is 22.3. The van der Waals surface area contributed by atoms with E-state index in [-0.39, 0.29) is 29.0 Å². The first kappa shape index (κ1) is 23.6. The van der Waals surface area contributed by atoms with Crippen LogP contribution in [0.2, 0.25) is 0 Å². The van der Waals surface area contributed by atoms with Crippen LogP contribution in [0.4, 0.5) is 0 Å². The van der Waals surface area contributed by atoms with Gasteiger partial charge in [-0.1, -0.05) is 32.0 Å². The van der Waals surface area contributed by atoms with Crippen molar-refractivity contribution < 1.29 is 19.1 Å². The molecule has 3 atom stereocenters. The molecule has 0 aliphatic carbocycles. The van der Waals surface area contributed by atoms with Gasteiger partial charge in [-0.3, -0.25) is 14.4 Å². The van der Waals surface area contributed by atoms with Crippen LogP contribution >= 0.6 is 11.8 Å². The SMILES string of the molecule is COCCCNC(=O)[C@H](CC(C)C)NC(=O)[C@@H]1N2C(=O)c3ccccc3[C@H]2SC1(C)C. The van der Waals surface area contributed by atoms with Gasteiger partial charge < -0.3 is 20.3 Å². The van der Waals surface area contributed by atoms with E-state index < -0.39 is 16.8 Å². The first-order chi connectivity index (χ1) is 14.7. The zero-order valence-corrected chi connectivity index (χ0v) is 19.8. The van der Waals surface area contributed by atoms with E-state index in [1.165, 1.54) is 0 Å². The number of fused-ring (bicyclic) bond motifs is 3. The van der Waals surface area contributed by atoms with Crippen LogP contribution in [-0.2, 0) is 14.3 Å². The molecule has 2 heterocycles. The predicted molar refractivity (Wildman–Crippen MR) is 122 cm³/mol. The third kappa shape index (κ3) is 4.90. The molecule has 0 bridgehead atoms. The average molecular weight is 448 g/mol. The zero-order valence-electron chi connectivity index (χ0n) is 18.9. The van der Waals surface area contributed by atoms with E-state index in [9.17, 15) is 14.4 Å². The number of nitrogens with one attached hydrogen (secondary N) is 2. The quantitative estimate of drug-likeness (QED) is 0.569. The first-order valence-corrected chi connectivity index (χ1v) is 11.7. The molecule has 1 aromatic carbocycles. The lowest BCUT2D eigenvalue weighted by atomic mass is 9.98. The smallest absolute Gasteiger partial charge is 0.256 e. The van der Waals surface area contributed by atoms with Crippen LogP contribution in [0.3, 0.4) is 0 Å². The van der Waals surface area contributed by atoms with E-state index >= 15 is 0 Å². The van der Waals surface area contributed by atoms with Gasteiger partial charge in [0.2, 0.25) is 11.8 Å². The molecular weight excluding hydrogens is 414 g/mol. The maximum Gasteiger partial charge on any atom is 0.256 e. The van der Waals surface area contributed by atoms with Gasteiger partial charge in [-0.05, 0) is 44.2 Å². The predicted octanol–water partition coefficient (Wildman–Crippen LogP) is 2.72. The van der Waals surface area contributed by atoms with E-state index in [0.717, 1.165) is 5.56 Å². The molecule has 0 spiro atoms. The summed E-state index contributed by atoms with van der Waals surface area (Å²) in [6.07, 6.45) is 1.23. The minimum atomic E-state index is -0.654. The average Bonchev–Trinajstić information content (AvgIpc) is 3.13. The molecule has 1 fully saturated rings. The van der Waals surface area contributed by atoms with Gasteiger partial charge in [0.15, 0.2) is 0 Å². The molecule has 2 aliphatic rings. The molecule has 0 unspecified atom stereocenters. The van der Waals surface area contributed by atoms with E-state index in [0.29, 0.717) is 31.6 Å². The van der Waals surface area contributed by atoms with Gasteiger partial charge in [0.25, 0.3) is 5.91 Å². The number of hydrogen-bond donors (Lipinski definition) is 2. The van der Waals surface area contributed by atoms with Gasteiger partial charge in [0.1, 0.15) is 17.5 Å². The largest absolute Gasteiger partial charge is 0.385 e. The molecule has 0 saturated carbocycles. The van der Waals surface area contributed by atoms with Crippen molar-refractivity contribution in [3.63, 3.8) is 0 Å². The van der Waals surface area contributed by atoms with Gasteiger partial charge in [-0.25, -0.2) is 0 Å². The number of rotatable bonds is 9. The highest BCUT2D eigenvalue weighted by molar-refractivity contribution is 8.01. The molecule has 7 nitrogen and oxygen atoms in total. The second-order valence-corrected chi connectivity index (χ2v) is 10.8. The Morgan fingerprint density at radius 1 is 1.26 bits per heavy atom. The molecule has 31 heavy (non-hydrogen) atoms. The fourth-order valence-electron chi connectivity index (χ4n) is 4.31. The summed E-state index contributed by atoms with van der Waals surface area (Å²) in [7, 11) is 1.62. The molecule has 1 aromatic rings. The number of ether oxygens (including phenoxy) is 1. The summed E-state index contributed by atoms with van der Waals surface area (Å²) in [5.41, 5.74) is 1.61. The van der Waals surface area contributed by atoms with Crippen LogP contribution in [0.25, 0.3) is 0 Å². The van der Waals surface area contributed by atoms with Crippen molar-refractivity contribution in [3.05, 3.63) is 35.4 Å². The Labute approximate surface area is 188 Å². The highest BCUT2D eigenvalue weighted by Crippen LogP contribution is 2.56. The number of amides is 3. The molecule has 170 valence electrons. The van der Waals surface area contributed by atoms with Crippen molar-refractivity contribution in [1.82, 2.24) is 15.5 Å². The van der Waals surface area contributed by atoms with Crippen molar-refractivity contribution in [2.45, 2.75) is 62.7 Å². The van der Waals surface area contributed by atoms with Crippen molar-refractivity contribution in [2.24, 2.45) is 5.92 Å². The Morgan fingerprint density at radius 2 is 1.97 bits per heavy atom. The number of methoxy groups -OCH3 is 1. The Bertz CT molecular complexity index is 842. The van der Waals surface area contributed by atoms with Gasteiger partial charge in [0, 0.05) is 30.6 Å². The number of hydrogen-bond acceptors (Lipinski definition) is 5. The van der Waals surface area contributed by atoms with E-state index in [1.807, 2.05) is 52.0 Å². The number of benzene rings is 1. The third-order valence-corrected chi connectivity index (χ3v) is 7.24. The maximum absolute atomic E-state index is 13.5. The van der Waals surface area contributed by atoms with Crippen molar-refractivity contribution in [1.29, 1.82) is 0 Å². The molecule has 2 aliphatic heterocycles. The van der Waals surface area contributed by atoms with Crippen LogP contribution in [0.1, 0.15) is 61.8 Å². The molecule has 1 saturated heterocycles. The number of carbonyl (C=O) groups excluding carboxylic acids is 3. The van der Waals surface area contributed by atoms with Crippen LogP contribution in [0.5, 0.6) is 0 Å². The van der Waals surface area contributed by atoms with Crippen LogP contribution in [-0.4, -0.2) is 59.7 Å². The highest BCUT2D eigenvalue weighted by Gasteiger charge is 2.57. The van der Waals surface area contributed by atoms with E-state index in [2.05, 4.69) is 10.6 Å². The lowest BCUT2D eigenvalue weighted by molar-refractivity contribution is -0.132. The van der Waals surface area contributed by atoms with E-state index in [1.54, 1.807) is 23.8 Å². The standard InChI is InChI=1S/C23H33N3O4S/c1-14(2)13-17(19(27)24-11-8-12-30-5)25-20(28)18-23(3,4)31-22-16-10-7-6-9-15(16)21(29)26(18)22/h6-7,9-10,14,17-18,22H,8,11-13H2,1-5H3,(H,24,27)(H,25,28)/t17-,18-,22+/m0/s1. The summed E-state index contributed by atoms with van der Waals surface area (Å²) >= 11 is 1.62. The summed E-state index contributed by atoms with van der Waals surface area (Å²) in [5, 5.41) is 5.67. The second kappa shape index (κ2) is 9.61. The molecule has 0 aromatic heterocycles.